The lowest BCUT2D eigenvalue weighted by Crippen LogP contribution is -1.97. The van der Waals surface area contributed by atoms with Crippen LogP contribution in [0.4, 0.5) is 0 Å². The summed E-state index contributed by atoms with van der Waals surface area (Å²) >= 11 is 3.43. The third-order valence-electron chi connectivity index (χ3n) is 3.62. The van der Waals surface area contributed by atoms with E-state index in [4.69, 9.17) is 9.84 Å². The first-order valence-electron chi connectivity index (χ1n) is 7.83. The van der Waals surface area contributed by atoms with Gasteiger partial charge in [-0.15, -0.1) is 0 Å². The quantitative estimate of drug-likeness (QED) is 0.471. The minimum atomic E-state index is -0.906. The Labute approximate surface area is 145 Å². The number of carbonyl (C=O) groups is 1. The summed E-state index contributed by atoms with van der Waals surface area (Å²) in [6.07, 6.45) is 4.72. The number of halogens is 1. The first-order valence-corrected chi connectivity index (χ1v) is 8.95. The Kier molecular flexibility index (Phi) is 7.14. The van der Waals surface area contributed by atoms with Crippen molar-refractivity contribution in [2.75, 3.05) is 11.9 Å². The largest absolute Gasteiger partial charge is 0.494 e. The number of rotatable bonds is 9. The van der Waals surface area contributed by atoms with Crippen LogP contribution in [0.1, 0.15) is 36.0 Å². The number of hydrogen-bond donors (Lipinski definition) is 1. The maximum Gasteiger partial charge on any atom is 0.335 e. The molecule has 2 aromatic carbocycles. The van der Waals surface area contributed by atoms with Gasteiger partial charge in [-0.05, 0) is 48.2 Å². The van der Waals surface area contributed by atoms with Gasteiger partial charge >= 0.3 is 5.97 Å². The van der Waals surface area contributed by atoms with E-state index >= 15 is 0 Å². The van der Waals surface area contributed by atoms with Crippen molar-refractivity contribution in [2.45, 2.75) is 25.7 Å². The van der Waals surface area contributed by atoms with E-state index in [1.54, 1.807) is 12.1 Å². The Balaban J connectivity index is 1.85. The summed E-state index contributed by atoms with van der Waals surface area (Å²) in [5.74, 6) is -0.0344. The molecule has 0 atom stereocenters. The number of carboxylic acid groups (broad SMARTS) is 1. The molecule has 0 amide bonds. The zero-order valence-corrected chi connectivity index (χ0v) is 14.6. The van der Waals surface area contributed by atoms with E-state index in [2.05, 4.69) is 15.9 Å². The Morgan fingerprint density at radius 1 is 0.870 bits per heavy atom. The predicted molar refractivity (Wildman–Crippen MR) is 96.6 cm³/mol. The van der Waals surface area contributed by atoms with Gasteiger partial charge in [-0.3, -0.25) is 0 Å². The van der Waals surface area contributed by atoms with Crippen LogP contribution in [-0.4, -0.2) is 23.0 Å². The molecule has 0 spiro atoms. The SMILES string of the molecule is O=C(O)c1ccc(-c2ccc(OCCCCCCBr)cc2)cc1. The fourth-order valence-corrected chi connectivity index (χ4v) is 2.69. The van der Waals surface area contributed by atoms with Gasteiger partial charge in [0, 0.05) is 5.33 Å². The summed E-state index contributed by atoms with van der Waals surface area (Å²) in [6, 6.07) is 14.8. The molecule has 0 saturated heterocycles. The molecule has 0 fully saturated rings. The van der Waals surface area contributed by atoms with Gasteiger partial charge in [-0.1, -0.05) is 53.0 Å². The molecule has 0 aliphatic heterocycles. The third-order valence-corrected chi connectivity index (χ3v) is 4.18. The molecule has 0 bridgehead atoms. The Morgan fingerprint density at radius 2 is 1.43 bits per heavy atom. The molecule has 0 aliphatic carbocycles. The molecule has 0 aromatic heterocycles. The average Bonchev–Trinajstić information content (AvgIpc) is 2.58. The van der Waals surface area contributed by atoms with Crippen LogP contribution < -0.4 is 4.74 Å². The van der Waals surface area contributed by atoms with E-state index < -0.39 is 5.97 Å². The fraction of sp³-hybridized carbons (Fsp3) is 0.316. The molecule has 0 unspecified atom stereocenters. The summed E-state index contributed by atoms with van der Waals surface area (Å²) in [5.41, 5.74) is 2.34. The zero-order chi connectivity index (χ0) is 16.5. The van der Waals surface area contributed by atoms with Crippen LogP contribution in [0, 0.1) is 0 Å². The second kappa shape index (κ2) is 9.36. The summed E-state index contributed by atoms with van der Waals surface area (Å²) in [5, 5.41) is 9.99. The van der Waals surface area contributed by atoms with Crippen LogP contribution in [0.5, 0.6) is 5.75 Å². The van der Waals surface area contributed by atoms with Gasteiger partial charge in [0.1, 0.15) is 5.75 Å². The van der Waals surface area contributed by atoms with Crippen molar-refractivity contribution >= 4 is 21.9 Å². The molecule has 122 valence electrons. The monoisotopic (exact) mass is 376 g/mol. The van der Waals surface area contributed by atoms with Crippen molar-refractivity contribution in [1.82, 2.24) is 0 Å². The molecular formula is C19H21BrO3. The van der Waals surface area contributed by atoms with E-state index in [1.165, 1.54) is 19.3 Å². The fourth-order valence-electron chi connectivity index (χ4n) is 2.29. The normalized spacial score (nSPS) is 10.5. The minimum absolute atomic E-state index is 0.300. The maximum atomic E-state index is 10.9. The number of hydrogen-bond acceptors (Lipinski definition) is 2. The molecule has 0 saturated carbocycles. The predicted octanol–water partition coefficient (Wildman–Crippen LogP) is 5.39. The van der Waals surface area contributed by atoms with Crippen LogP contribution in [0.25, 0.3) is 11.1 Å². The van der Waals surface area contributed by atoms with E-state index in [0.717, 1.165) is 35.2 Å². The van der Waals surface area contributed by atoms with Gasteiger partial charge in [-0.2, -0.15) is 0 Å². The molecule has 1 N–H and O–H groups in total. The summed E-state index contributed by atoms with van der Waals surface area (Å²) in [4.78, 5) is 10.9. The van der Waals surface area contributed by atoms with E-state index in [9.17, 15) is 4.79 Å². The van der Waals surface area contributed by atoms with Gasteiger partial charge in [0.05, 0.1) is 12.2 Å². The number of alkyl halides is 1. The number of aromatic carboxylic acids is 1. The van der Waals surface area contributed by atoms with Gasteiger partial charge in [-0.25, -0.2) is 4.79 Å². The maximum absolute atomic E-state index is 10.9. The lowest BCUT2D eigenvalue weighted by Gasteiger charge is -2.07. The molecular weight excluding hydrogens is 356 g/mol. The molecule has 0 heterocycles. The first-order chi connectivity index (χ1) is 11.2. The van der Waals surface area contributed by atoms with Crippen LogP contribution in [0.3, 0.4) is 0 Å². The average molecular weight is 377 g/mol. The second-order valence-electron chi connectivity index (χ2n) is 5.36. The van der Waals surface area contributed by atoms with Crippen molar-refractivity contribution in [1.29, 1.82) is 0 Å². The van der Waals surface area contributed by atoms with Crippen molar-refractivity contribution < 1.29 is 14.6 Å². The van der Waals surface area contributed by atoms with Gasteiger partial charge < -0.3 is 9.84 Å². The lowest BCUT2D eigenvalue weighted by molar-refractivity contribution is 0.0697. The Hall–Kier alpha value is -1.81. The number of benzene rings is 2. The summed E-state index contributed by atoms with van der Waals surface area (Å²) < 4.78 is 5.74. The third kappa shape index (κ3) is 5.71. The summed E-state index contributed by atoms with van der Waals surface area (Å²) in [7, 11) is 0. The molecule has 3 nitrogen and oxygen atoms in total. The van der Waals surface area contributed by atoms with Crippen LogP contribution in [0.15, 0.2) is 48.5 Å². The smallest absolute Gasteiger partial charge is 0.335 e. The van der Waals surface area contributed by atoms with Crippen LogP contribution in [-0.2, 0) is 0 Å². The molecule has 0 aliphatic rings. The molecule has 4 heteroatoms. The van der Waals surface area contributed by atoms with Crippen molar-refractivity contribution in [3.05, 3.63) is 54.1 Å². The standard InChI is InChI=1S/C19H21BrO3/c20-13-3-1-2-4-14-23-18-11-9-16(10-12-18)15-5-7-17(8-6-15)19(21)22/h5-12H,1-4,13-14H2,(H,21,22). The van der Waals surface area contributed by atoms with Gasteiger partial charge in [0.15, 0.2) is 0 Å². The number of carboxylic acids is 1. The highest BCUT2D eigenvalue weighted by Crippen LogP contribution is 2.23. The Bertz CT molecular complexity index is 606. The van der Waals surface area contributed by atoms with Crippen molar-refractivity contribution in [2.24, 2.45) is 0 Å². The van der Waals surface area contributed by atoms with E-state index in [-0.39, 0.29) is 0 Å². The molecule has 0 radical (unpaired) electrons. The molecule has 2 rings (SSSR count). The number of unbranched alkanes of at least 4 members (excludes halogenated alkanes) is 3. The molecule has 2 aromatic rings. The highest BCUT2D eigenvalue weighted by molar-refractivity contribution is 9.09. The van der Waals surface area contributed by atoms with Crippen LogP contribution in [0.2, 0.25) is 0 Å². The van der Waals surface area contributed by atoms with Gasteiger partial charge in [0.25, 0.3) is 0 Å². The van der Waals surface area contributed by atoms with E-state index in [0.29, 0.717) is 5.56 Å². The van der Waals surface area contributed by atoms with Crippen LogP contribution >= 0.6 is 15.9 Å². The Morgan fingerprint density at radius 3 is 2.00 bits per heavy atom. The van der Waals surface area contributed by atoms with Crippen molar-refractivity contribution in [3.63, 3.8) is 0 Å². The first kappa shape index (κ1) is 17.5. The topological polar surface area (TPSA) is 46.5 Å². The molecule has 23 heavy (non-hydrogen) atoms. The zero-order valence-electron chi connectivity index (χ0n) is 13.0. The van der Waals surface area contributed by atoms with Gasteiger partial charge in [0.2, 0.25) is 0 Å². The minimum Gasteiger partial charge on any atom is -0.494 e. The van der Waals surface area contributed by atoms with Crippen molar-refractivity contribution in [3.8, 4) is 16.9 Å². The number of ether oxygens (including phenoxy) is 1. The highest BCUT2D eigenvalue weighted by Gasteiger charge is 2.03. The highest BCUT2D eigenvalue weighted by atomic mass is 79.9. The van der Waals surface area contributed by atoms with E-state index in [1.807, 2.05) is 36.4 Å². The second-order valence-corrected chi connectivity index (χ2v) is 6.15. The lowest BCUT2D eigenvalue weighted by atomic mass is 10.0. The summed E-state index contributed by atoms with van der Waals surface area (Å²) in [6.45, 7) is 0.745.